The zero-order valence-corrected chi connectivity index (χ0v) is 19.1. The highest BCUT2D eigenvalue weighted by Gasteiger charge is 2.35. The van der Waals surface area contributed by atoms with Gasteiger partial charge in [0.05, 0.1) is 17.7 Å². The van der Waals surface area contributed by atoms with Crippen molar-refractivity contribution in [3.63, 3.8) is 0 Å². The van der Waals surface area contributed by atoms with Crippen LogP contribution in [0.3, 0.4) is 0 Å². The van der Waals surface area contributed by atoms with Gasteiger partial charge in [-0.2, -0.15) is 0 Å². The molecule has 1 N–H and O–H groups in total. The van der Waals surface area contributed by atoms with E-state index in [1.165, 1.54) is 11.8 Å². The molecule has 2 heterocycles. The third kappa shape index (κ3) is 4.19. The SMILES string of the molecule is COc1ccc(N=C2NC(=O)/C(=C\c3cc4c(cc3F)N(C)C(C)(C)CC4C)S2)cc1. The van der Waals surface area contributed by atoms with Crippen LogP contribution < -0.4 is 15.0 Å². The Morgan fingerprint density at radius 3 is 2.68 bits per heavy atom. The van der Waals surface area contributed by atoms with Crippen LogP contribution in [-0.4, -0.2) is 30.8 Å². The van der Waals surface area contributed by atoms with Crippen LogP contribution in [0.4, 0.5) is 15.8 Å². The Morgan fingerprint density at radius 2 is 2.00 bits per heavy atom. The lowest BCUT2D eigenvalue weighted by Crippen LogP contribution is -2.45. The molecular weight excluding hydrogens is 413 g/mol. The first kappa shape index (κ1) is 21.4. The number of carbonyl (C=O) groups is 1. The largest absolute Gasteiger partial charge is 0.497 e. The van der Waals surface area contributed by atoms with Crippen LogP contribution in [0.2, 0.25) is 0 Å². The van der Waals surface area contributed by atoms with E-state index in [1.54, 1.807) is 31.4 Å². The van der Waals surface area contributed by atoms with Gasteiger partial charge in [-0.3, -0.25) is 4.79 Å². The average Bonchev–Trinajstić information content (AvgIpc) is 3.06. The van der Waals surface area contributed by atoms with E-state index in [4.69, 9.17) is 4.74 Å². The Labute approximate surface area is 186 Å². The van der Waals surface area contributed by atoms with E-state index in [1.807, 2.05) is 25.2 Å². The number of ether oxygens (including phenoxy) is 1. The lowest BCUT2D eigenvalue weighted by Gasteiger charge is -2.45. The van der Waals surface area contributed by atoms with Crippen molar-refractivity contribution < 1.29 is 13.9 Å². The van der Waals surface area contributed by atoms with Crippen molar-refractivity contribution in [2.24, 2.45) is 4.99 Å². The number of thioether (sulfide) groups is 1. The monoisotopic (exact) mass is 439 g/mol. The summed E-state index contributed by atoms with van der Waals surface area (Å²) >= 11 is 1.21. The van der Waals surface area contributed by atoms with Gasteiger partial charge >= 0.3 is 0 Å². The van der Waals surface area contributed by atoms with Gasteiger partial charge in [-0.25, -0.2) is 9.38 Å². The van der Waals surface area contributed by atoms with E-state index in [2.05, 4.69) is 36.0 Å². The second-order valence-corrected chi connectivity index (χ2v) is 9.62. The molecule has 2 aliphatic rings. The molecule has 0 spiro atoms. The van der Waals surface area contributed by atoms with E-state index >= 15 is 0 Å². The van der Waals surface area contributed by atoms with E-state index in [-0.39, 0.29) is 17.3 Å². The Kier molecular flexibility index (Phi) is 5.56. The minimum Gasteiger partial charge on any atom is -0.497 e. The third-order valence-electron chi connectivity index (χ3n) is 5.99. The standard InChI is InChI=1S/C24H26FN3O2S/c1-14-13-24(2,3)28(4)20-12-19(25)15(10-18(14)20)11-21-22(29)27-23(31-21)26-16-6-8-17(30-5)9-7-16/h6-12,14H,13H2,1-5H3,(H,26,27,29)/b21-11+. The molecule has 4 rings (SSSR count). The highest BCUT2D eigenvalue weighted by atomic mass is 32.2. The molecule has 2 aromatic carbocycles. The smallest absolute Gasteiger partial charge is 0.264 e. The molecule has 7 heteroatoms. The van der Waals surface area contributed by atoms with Crippen molar-refractivity contribution >= 4 is 40.3 Å². The Balaban J connectivity index is 1.62. The maximum Gasteiger partial charge on any atom is 0.264 e. The van der Waals surface area contributed by atoms with Crippen molar-refractivity contribution in [3.8, 4) is 5.75 Å². The summed E-state index contributed by atoms with van der Waals surface area (Å²) in [6.45, 7) is 6.51. The molecule has 0 saturated carbocycles. The zero-order valence-electron chi connectivity index (χ0n) is 18.3. The highest BCUT2D eigenvalue weighted by molar-refractivity contribution is 8.18. The van der Waals surface area contributed by atoms with Gasteiger partial charge in [0, 0.05) is 23.8 Å². The van der Waals surface area contributed by atoms with Crippen LogP contribution in [0.25, 0.3) is 6.08 Å². The van der Waals surface area contributed by atoms with Crippen molar-refractivity contribution in [1.82, 2.24) is 5.32 Å². The zero-order chi connectivity index (χ0) is 22.3. The molecule has 1 saturated heterocycles. The Hall–Kier alpha value is -2.80. The molecule has 0 bridgehead atoms. The fourth-order valence-corrected chi connectivity index (χ4v) is 4.94. The van der Waals surface area contributed by atoms with Crippen LogP contribution >= 0.6 is 11.8 Å². The summed E-state index contributed by atoms with van der Waals surface area (Å²) in [5.41, 5.74) is 3.10. The van der Waals surface area contributed by atoms with Crippen molar-refractivity contribution in [2.75, 3.05) is 19.1 Å². The van der Waals surface area contributed by atoms with Gasteiger partial charge in [0.2, 0.25) is 0 Å². The van der Waals surface area contributed by atoms with Gasteiger partial charge in [-0.1, -0.05) is 6.92 Å². The highest BCUT2D eigenvalue weighted by Crippen LogP contribution is 2.43. The summed E-state index contributed by atoms with van der Waals surface area (Å²) < 4.78 is 20.1. The number of amides is 1. The van der Waals surface area contributed by atoms with Gasteiger partial charge in [-0.05, 0) is 86.0 Å². The van der Waals surface area contributed by atoms with Gasteiger partial charge in [0.25, 0.3) is 5.91 Å². The van der Waals surface area contributed by atoms with Gasteiger partial charge < -0.3 is 15.0 Å². The first-order valence-corrected chi connectivity index (χ1v) is 11.0. The fourth-order valence-electron chi connectivity index (χ4n) is 4.11. The predicted octanol–water partition coefficient (Wildman–Crippen LogP) is 5.45. The number of hydrogen-bond donors (Lipinski definition) is 1. The number of anilines is 1. The van der Waals surface area contributed by atoms with Crippen molar-refractivity contribution in [3.05, 3.63) is 58.2 Å². The van der Waals surface area contributed by atoms with Crippen LogP contribution in [0.1, 0.15) is 44.2 Å². The van der Waals surface area contributed by atoms with E-state index in [0.29, 0.717) is 27.2 Å². The molecule has 162 valence electrons. The summed E-state index contributed by atoms with van der Waals surface area (Å²) in [7, 11) is 3.61. The van der Waals surface area contributed by atoms with Gasteiger partial charge in [0.1, 0.15) is 11.6 Å². The predicted molar refractivity (Wildman–Crippen MR) is 126 cm³/mol. The summed E-state index contributed by atoms with van der Waals surface area (Å²) in [6.07, 6.45) is 2.59. The molecule has 1 unspecified atom stereocenters. The molecule has 0 aromatic heterocycles. The lowest BCUT2D eigenvalue weighted by atomic mass is 9.80. The third-order valence-corrected chi connectivity index (χ3v) is 6.90. The second kappa shape index (κ2) is 8.04. The van der Waals surface area contributed by atoms with E-state index in [9.17, 15) is 9.18 Å². The first-order valence-electron chi connectivity index (χ1n) is 10.2. The minimum absolute atomic E-state index is 0.0349. The number of fused-ring (bicyclic) bond motifs is 1. The maximum absolute atomic E-state index is 15.0. The molecule has 0 aliphatic carbocycles. The normalized spacial score (nSPS) is 22.6. The molecule has 2 aromatic rings. The molecule has 1 amide bonds. The van der Waals surface area contributed by atoms with E-state index in [0.717, 1.165) is 23.4 Å². The number of amidine groups is 1. The number of halogens is 1. The molecule has 1 atom stereocenters. The molecule has 0 radical (unpaired) electrons. The molecular formula is C24H26FN3O2S. The van der Waals surface area contributed by atoms with Crippen molar-refractivity contribution in [1.29, 1.82) is 0 Å². The van der Waals surface area contributed by atoms with Crippen LogP contribution in [-0.2, 0) is 4.79 Å². The van der Waals surface area contributed by atoms with Crippen LogP contribution in [0.15, 0.2) is 46.3 Å². The summed E-state index contributed by atoms with van der Waals surface area (Å²) in [4.78, 5) is 19.5. The Bertz CT molecular complexity index is 1090. The number of rotatable bonds is 3. The number of aliphatic imine (C=N–C) groups is 1. The minimum atomic E-state index is -0.336. The van der Waals surface area contributed by atoms with Crippen LogP contribution in [0, 0.1) is 5.82 Å². The molecule has 31 heavy (non-hydrogen) atoms. The summed E-state index contributed by atoms with van der Waals surface area (Å²) in [6, 6.07) is 10.7. The van der Waals surface area contributed by atoms with E-state index < -0.39 is 0 Å². The lowest BCUT2D eigenvalue weighted by molar-refractivity contribution is -0.115. The van der Waals surface area contributed by atoms with Gasteiger partial charge in [-0.15, -0.1) is 0 Å². The topological polar surface area (TPSA) is 53.9 Å². The number of nitrogens with one attached hydrogen (secondary N) is 1. The number of hydrogen-bond acceptors (Lipinski definition) is 5. The van der Waals surface area contributed by atoms with Crippen LogP contribution in [0.5, 0.6) is 5.75 Å². The molecule has 2 aliphatic heterocycles. The second-order valence-electron chi connectivity index (χ2n) is 8.59. The molecule has 1 fully saturated rings. The fraction of sp³-hybridized carbons (Fsp3) is 0.333. The quantitative estimate of drug-likeness (QED) is 0.647. The maximum atomic E-state index is 15.0. The number of methoxy groups -OCH3 is 1. The van der Waals surface area contributed by atoms with Gasteiger partial charge in [0.15, 0.2) is 5.17 Å². The molecule has 5 nitrogen and oxygen atoms in total. The van der Waals surface area contributed by atoms with Crippen molar-refractivity contribution in [2.45, 2.75) is 38.6 Å². The number of benzene rings is 2. The number of nitrogens with zero attached hydrogens (tertiary/aromatic N) is 2. The Morgan fingerprint density at radius 1 is 1.29 bits per heavy atom. The average molecular weight is 440 g/mol. The number of carbonyl (C=O) groups excluding carboxylic acids is 1. The summed E-state index contributed by atoms with van der Waals surface area (Å²) in [5.74, 6) is 0.424. The first-order chi connectivity index (χ1) is 14.7. The summed E-state index contributed by atoms with van der Waals surface area (Å²) in [5, 5.41) is 3.22.